The molecule has 1 heterocycles. The molecule has 1 aromatic rings. The number of esters is 1. The Bertz CT molecular complexity index is 535. The van der Waals surface area contributed by atoms with Gasteiger partial charge in [-0.15, -0.1) is 11.8 Å². The van der Waals surface area contributed by atoms with Crippen LogP contribution in [0, 0.1) is 5.82 Å². The molecule has 1 unspecified atom stereocenters. The number of benzene rings is 1. The fourth-order valence-corrected chi connectivity index (χ4v) is 2.45. The molecule has 2 N–H and O–H groups in total. The van der Waals surface area contributed by atoms with Crippen molar-refractivity contribution >= 4 is 29.3 Å². The second-order valence-corrected chi connectivity index (χ2v) is 4.87. The number of ether oxygens (including phenoxy) is 1. The van der Waals surface area contributed by atoms with E-state index in [4.69, 9.17) is 4.74 Å². The molecule has 1 aliphatic rings. The van der Waals surface area contributed by atoms with E-state index in [2.05, 4.69) is 5.32 Å². The van der Waals surface area contributed by atoms with Gasteiger partial charge in [0.05, 0.1) is 12.4 Å². The van der Waals surface area contributed by atoms with E-state index in [1.54, 1.807) is 6.92 Å². The van der Waals surface area contributed by atoms with E-state index in [1.165, 1.54) is 6.07 Å². The predicted molar refractivity (Wildman–Crippen MR) is 67.3 cm³/mol. The maximum absolute atomic E-state index is 13.8. The van der Waals surface area contributed by atoms with Crippen molar-refractivity contribution in [2.75, 3.05) is 17.7 Å². The number of hydrogen-bond donors (Lipinski definition) is 2. The van der Waals surface area contributed by atoms with Crippen LogP contribution in [0.25, 0.3) is 0 Å². The predicted octanol–water partition coefficient (Wildman–Crippen LogP) is 1.47. The van der Waals surface area contributed by atoms with Crippen LogP contribution >= 0.6 is 11.8 Å². The zero-order valence-electron chi connectivity index (χ0n) is 10.1. The monoisotopic (exact) mass is 285 g/mol. The summed E-state index contributed by atoms with van der Waals surface area (Å²) in [6.07, 6.45) is -1.34. The molecule has 0 spiro atoms. The number of hydrogen-bond acceptors (Lipinski definition) is 5. The Morgan fingerprint density at radius 2 is 2.32 bits per heavy atom. The Hall–Kier alpha value is -1.60. The Labute approximate surface area is 113 Å². The van der Waals surface area contributed by atoms with Crippen LogP contribution in [-0.2, 0) is 14.3 Å². The number of rotatable bonds is 4. The molecule has 7 heteroatoms. The van der Waals surface area contributed by atoms with Crippen molar-refractivity contribution in [3.63, 3.8) is 0 Å². The lowest BCUT2D eigenvalue weighted by Gasteiger charge is -2.06. The van der Waals surface area contributed by atoms with Crippen molar-refractivity contribution in [3.8, 4) is 0 Å². The van der Waals surface area contributed by atoms with Crippen LogP contribution in [0.4, 0.5) is 10.1 Å². The van der Waals surface area contributed by atoms with Crippen molar-refractivity contribution in [1.82, 2.24) is 0 Å². The molecule has 0 aromatic heterocycles. The van der Waals surface area contributed by atoms with Crippen molar-refractivity contribution in [3.05, 3.63) is 23.5 Å². The standard InChI is InChI=1S/C12H12FNO4S/c1-2-18-10(15)5-19-9-4-8-6(3-7(9)13)11(16)12(17)14-8/h3-4,11,16H,2,5H2,1H3,(H,14,17). The van der Waals surface area contributed by atoms with Crippen LogP contribution in [0.15, 0.2) is 17.0 Å². The van der Waals surface area contributed by atoms with Crippen molar-refractivity contribution in [2.24, 2.45) is 0 Å². The molecule has 0 radical (unpaired) electrons. The zero-order chi connectivity index (χ0) is 14.0. The second-order valence-electron chi connectivity index (χ2n) is 3.86. The molecule has 0 aliphatic carbocycles. The van der Waals surface area contributed by atoms with Gasteiger partial charge in [0.2, 0.25) is 0 Å². The number of carbonyl (C=O) groups is 2. The number of halogens is 1. The summed E-state index contributed by atoms with van der Waals surface area (Å²) in [7, 11) is 0. The lowest BCUT2D eigenvalue weighted by atomic mass is 10.1. The summed E-state index contributed by atoms with van der Waals surface area (Å²) in [5.74, 6) is -1.61. The lowest BCUT2D eigenvalue weighted by Crippen LogP contribution is -2.10. The minimum Gasteiger partial charge on any atom is -0.465 e. The van der Waals surface area contributed by atoms with Crippen molar-refractivity contribution < 1.29 is 23.8 Å². The number of aliphatic hydroxyl groups excluding tert-OH is 1. The number of aliphatic hydroxyl groups is 1. The van der Waals surface area contributed by atoms with E-state index in [-0.39, 0.29) is 22.8 Å². The van der Waals surface area contributed by atoms with E-state index in [0.717, 1.165) is 17.8 Å². The van der Waals surface area contributed by atoms with Crippen LogP contribution in [0.3, 0.4) is 0 Å². The Morgan fingerprint density at radius 3 is 3.00 bits per heavy atom. The first-order valence-electron chi connectivity index (χ1n) is 5.63. The average Bonchev–Trinajstić information content (AvgIpc) is 2.63. The summed E-state index contributed by atoms with van der Waals surface area (Å²) in [5, 5.41) is 11.9. The maximum atomic E-state index is 13.8. The van der Waals surface area contributed by atoms with Crippen LogP contribution in [-0.4, -0.2) is 29.3 Å². The number of nitrogens with one attached hydrogen (secondary N) is 1. The third kappa shape index (κ3) is 2.87. The van der Waals surface area contributed by atoms with Gasteiger partial charge in [-0.3, -0.25) is 9.59 Å². The highest BCUT2D eigenvalue weighted by Crippen LogP contribution is 2.35. The van der Waals surface area contributed by atoms with Gasteiger partial charge in [-0.2, -0.15) is 0 Å². The molecule has 102 valence electrons. The van der Waals surface area contributed by atoms with Gasteiger partial charge < -0.3 is 15.2 Å². The van der Waals surface area contributed by atoms with Gasteiger partial charge in [0, 0.05) is 16.1 Å². The third-order valence-corrected chi connectivity index (χ3v) is 3.56. The molecule has 1 aromatic carbocycles. The van der Waals surface area contributed by atoms with E-state index >= 15 is 0 Å². The fourth-order valence-electron chi connectivity index (χ4n) is 1.70. The average molecular weight is 285 g/mol. The normalized spacial score (nSPS) is 17.0. The van der Waals surface area contributed by atoms with Gasteiger partial charge in [0.1, 0.15) is 5.82 Å². The highest BCUT2D eigenvalue weighted by Gasteiger charge is 2.30. The molecular weight excluding hydrogens is 273 g/mol. The van der Waals surface area contributed by atoms with Crippen LogP contribution in [0.1, 0.15) is 18.6 Å². The topological polar surface area (TPSA) is 75.6 Å². The Kier molecular flexibility index (Phi) is 4.06. The molecule has 5 nitrogen and oxygen atoms in total. The van der Waals surface area contributed by atoms with Crippen molar-refractivity contribution in [2.45, 2.75) is 17.9 Å². The van der Waals surface area contributed by atoms with Gasteiger partial charge in [0.15, 0.2) is 6.10 Å². The van der Waals surface area contributed by atoms with Gasteiger partial charge in [-0.1, -0.05) is 0 Å². The second kappa shape index (κ2) is 5.58. The molecule has 0 saturated carbocycles. The summed E-state index contributed by atoms with van der Waals surface area (Å²) in [5.41, 5.74) is 0.577. The maximum Gasteiger partial charge on any atom is 0.316 e. The molecule has 19 heavy (non-hydrogen) atoms. The van der Waals surface area contributed by atoms with Crippen LogP contribution in [0.2, 0.25) is 0 Å². The van der Waals surface area contributed by atoms with E-state index in [9.17, 15) is 19.1 Å². The van der Waals surface area contributed by atoms with E-state index in [1.807, 2.05) is 0 Å². The SMILES string of the molecule is CCOC(=O)CSc1cc2c(cc1F)C(O)C(=O)N2. The number of anilines is 1. The first-order chi connectivity index (χ1) is 9.02. The fraction of sp³-hybridized carbons (Fsp3) is 0.333. The van der Waals surface area contributed by atoms with Crippen molar-refractivity contribution in [1.29, 1.82) is 0 Å². The zero-order valence-corrected chi connectivity index (χ0v) is 10.9. The molecule has 0 saturated heterocycles. The highest BCUT2D eigenvalue weighted by atomic mass is 32.2. The number of fused-ring (bicyclic) bond motifs is 1. The first kappa shape index (κ1) is 13.8. The molecule has 0 fully saturated rings. The largest absolute Gasteiger partial charge is 0.465 e. The van der Waals surface area contributed by atoms with Gasteiger partial charge >= 0.3 is 5.97 Å². The summed E-state index contributed by atoms with van der Waals surface area (Å²) in [6.45, 7) is 1.96. The number of amides is 1. The molecule has 0 bridgehead atoms. The van der Waals surface area contributed by atoms with E-state index in [0.29, 0.717) is 5.69 Å². The Balaban J connectivity index is 2.14. The summed E-state index contributed by atoms with van der Waals surface area (Å²) < 4.78 is 18.5. The van der Waals surface area contributed by atoms with Gasteiger partial charge in [0.25, 0.3) is 5.91 Å². The minimum absolute atomic E-state index is 0.0138. The molecular formula is C12H12FNO4S. The quantitative estimate of drug-likeness (QED) is 0.647. The third-order valence-electron chi connectivity index (χ3n) is 2.56. The summed E-state index contributed by atoms with van der Waals surface area (Å²) in [4.78, 5) is 22.7. The van der Waals surface area contributed by atoms with E-state index < -0.39 is 23.8 Å². The molecule has 1 atom stereocenters. The lowest BCUT2D eigenvalue weighted by molar-refractivity contribution is -0.139. The number of carbonyl (C=O) groups excluding carboxylic acids is 2. The summed E-state index contributed by atoms with van der Waals surface area (Å²) in [6, 6.07) is 2.51. The highest BCUT2D eigenvalue weighted by molar-refractivity contribution is 8.00. The number of thioether (sulfide) groups is 1. The molecule has 1 aliphatic heterocycles. The molecule has 2 rings (SSSR count). The Morgan fingerprint density at radius 1 is 1.58 bits per heavy atom. The van der Waals surface area contributed by atoms with Crippen LogP contribution in [0.5, 0.6) is 0 Å². The first-order valence-corrected chi connectivity index (χ1v) is 6.62. The van der Waals surface area contributed by atoms with Gasteiger partial charge in [-0.25, -0.2) is 4.39 Å². The van der Waals surface area contributed by atoms with Crippen LogP contribution < -0.4 is 5.32 Å². The smallest absolute Gasteiger partial charge is 0.316 e. The summed E-state index contributed by atoms with van der Waals surface area (Å²) >= 11 is 0.981. The molecule has 1 amide bonds. The minimum atomic E-state index is -1.34. The van der Waals surface area contributed by atoms with Gasteiger partial charge in [-0.05, 0) is 19.1 Å².